The van der Waals surface area contributed by atoms with Gasteiger partial charge in [0.2, 0.25) is 11.8 Å². The molecule has 2 saturated carbocycles. The second-order valence-electron chi connectivity index (χ2n) is 9.59. The third-order valence-electron chi connectivity index (χ3n) is 7.02. The maximum absolute atomic E-state index is 13.4. The third kappa shape index (κ3) is 3.98. The lowest BCUT2D eigenvalue weighted by Gasteiger charge is -2.28. The fourth-order valence-electron chi connectivity index (χ4n) is 5.49. The Morgan fingerprint density at radius 1 is 1.03 bits per heavy atom. The molecule has 6 nitrogen and oxygen atoms in total. The number of Topliss-reactive ketones (excluding diaryl/α,β-unsaturated/α-hetero) is 1. The number of carbonyl (C=O) groups excluding carboxylic acids is 4. The van der Waals surface area contributed by atoms with Gasteiger partial charge in [-0.15, -0.1) is 0 Å². The topological polar surface area (TPSA) is 80.8 Å². The zero-order valence-corrected chi connectivity index (χ0v) is 21.5. The molecule has 0 radical (unpaired) electrons. The van der Waals surface area contributed by atoms with Gasteiger partial charge >= 0.3 is 5.97 Å². The van der Waals surface area contributed by atoms with E-state index in [9.17, 15) is 19.2 Å². The summed E-state index contributed by atoms with van der Waals surface area (Å²) in [6, 6.07) is 6.01. The number of alkyl halides is 2. The number of imide groups is 1. The molecule has 0 aromatic heterocycles. The van der Waals surface area contributed by atoms with Gasteiger partial charge < -0.3 is 4.74 Å². The first-order chi connectivity index (χ1) is 15.1. The Kier molecular flexibility index (Phi) is 6.65. The number of carbonyl (C=O) groups is 4. The number of likely N-dealkylation sites (tertiary alicyclic amines) is 1. The third-order valence-corrected chi connectivity index (χ3v) is 10.2. The summed E-state index contributed by atoms with van der Waals surface area (Å²) in [4.78, 5) is 53.6. The molecule has 0 N–H and O–H groups in total. The van der Waals surface area contributed by atoms with Crippen molar-refractivity contribution in [3.63, 3.8) is 0 Å². The van der Waals surface area contributed by atoms with E-state index in [-0.39, 0.29) is 56.8 Å². The molecule has 172 valence electrons. The van der Waals surface area contributed by atoms with Crippen LogP contribution in [0.1, 0.15) is 42.6 Å². The van der Waals surface area contributed by atoms with Gasteiger partial charge in [-0.05, 0) is 37.5 Å². The Hall–Kier alpha value is -1.54. The molecule has 2 bridgehead atoms. The molecular formula is C24H27Br2NO5. The molecule has 0 unspecified atom stereocenters. The molecule has 32 heavy (non-hydrogen) atoms. The van der Waals surface area contributed by atoms with Gasteiger partial charge in [-0.1, -0.05) is 75.5 Å². The standard InChI is InChI=1S/C24H27Br2NO5/c1-11(2)8-16(24(31)32-10-17(28)13-6-4-12(3)5-7-13)27-22(29)18-14-9-15(19(18)23(27)30)21(26)20(14)25/h4-7,11,14-16,18-21H,8-10H2,1-3H3/t14-,15-,16-,18-,19-,20-,21+/m0/s1. The Labute approximate surface area is 204 Å². The second kappa shape index (κ2) is 9.01. The van der Waals surface area contributed by atoms with Crippen LogP contribution >= 0.6 is 31.9 Å². The molecule has 1 heterocycles. The zero-order valence-electron chi connectivity index (χ0n) is 18.3. The second-order valence-corrected chi connectivity index (χ2v) is 11.7. The number of esters is 1. The van der Waals surface area contributed by atoms with Crippen LogP contribution in [0.4, 0.5) is 0 Å². The lowest BCUT2D eigenvalue weighted by Crippen LogP contribution is -2.48. The highest BCUT2D eigenvalue weighted by molar-refractivity contribution is 9.12. The number of ether oxygens (including phenoxy) is 1. The summed E-state index contributed by atoms with van der Waals surface area (Å²) in [5.41, 5.74) is 1.48. The number of halogens is 2. The number of fused-ring (bicyclic) bond motifs is 5. The van der Waals surface area contributed by atoms with Crippen LogP contribution in [0.15, 0.2) is 24.3 Å². The van der Waals surface area contributed by atoms with Crippen molar-refractivity contribution in [2.24, 2.45) is 29.6 Å². The van der Waals surface area contributed by atoms with Gasteiger partial charge in [-0.3, -0.25) is 19.3 Å². The van der Waals surface area contributed by atoms with Gasteiger partial charge in [0.25, 0.3) is 0 Å². The molecule has 8 heteroatoms. The van der Waals surface area contributed by atoms with Gasteiger partial charge in [-0.25, -0.2) is 4.79 Å². The molecule has 7 atom stereocenters. The van der Waals surface area contributed by atoms with Crippen molar-refractivity contribution in [3.8, 4) is 0 Å². The van der Waals surface area contributed by atoms with E-state index >= 15 is 0 Å². The van der Waals surface area contributed by atoms with E-state index in [0.29, 0.717) is 12.0 Å². The first kappa shape index (κ1) is 23.6. The number of nitrogens with zero attached hydrogens (tertiary/aromatic N) is 1. The first-order valence-electron chi connectivity index (χ1n) is 11.0. The van der Waals surface area contributed by atoms with Crippen LogP contribution in [0.3, 0.4) is 0 Å². The molecule has 1 aromatic rings. The van der Waals surface area contributed by atoms with Crippen LogP contribution in [0, 0.1) is 36.5 Å². The molecule has 0 spiro atoms. The Bertz CT molecular complexity index is 914. The van der Waals surface area contributed by atoms with E-state index in [4.69, 9.17) is 4.74 Å². The highest BCUT2D eigenvalue weighted by Gasteiger charge is 2.67. The van der Waals surface area contributed by atoms with Crippen LogP contribution < -0.4 is 0 Å². The Morgan fingerprint density at radius 2 is 1.56 bits per heavy atom. The molecule has 1 aromatic carbocycles. The predicted octanol–water partition coefficient (Wildman–Crippen LogP) is 3.91. The van der Waals surface area contributed by atoms with Crippen LogP contribution in [0.5, 0.6) is 0 Å². The van der Waals surface area contributed by atoms with Crippen molar-refractivity contribution in [2.75, 3.05) is 6.61 Å². The van der Waals surface area contributed by atoms with Crippen molar-refractivity contribution < 1.29 is 23.9 Å². The quantitative estimate of drug-likeness (QED) is 0.216. The summed E-state index contributed by atoms with van der Waals surface area (Å²) in [5, 5.41) is 0. The lowest BCUT2D eigenvalue weighted by atomic mass is 9.81. The number of hydrogen-bond acceptors (Lipinski definition) is 5. The van der Waals surface area contributed by atoms with Gasteiger partial charge in [-0.2, -0.15) is 0 Å². The lowest BCUT2D eigenvalue weighted by molar-refractivity contribution is -0.159. The number of amides is 2. The number of aryl methyl sites for hydroxylation is 1. The SMILES string of the molecule is Cc1ccc(C(=O)COC(=O)[C@H](CC(C)C)N2C(=O)[C@H]3[C@@H]4C[C@H]([C@@H](Br)[C@H]4Br)[C@@H]3C2=O)cc1. The van der Waals surface area contributed by atoms with E-state index in [2.05, 4.69) is 31.9 Å². The molecule has 3 aliphatic rings. The zero-order chi connectivity index (χ0) is 23.3. The number of rotatable bonds is 7. The van der Waals surface area contributed by atoms with Crippen molar-refractivity contribution in [3.05, 3.63) is 35.4 Å². The van der Waals surface area contributed by atoms with E-state index in [1.165, 1.54) is 0 Å². The summed E-state index contributed by atoms with van der Waals surface area (Å²) < 4.78 is 5.34. The maximum Gasteiger partial charge on any atom is 0.329 e. The fraction of sp³-hybridized carbons (Fsp3) is 0.583. The van der Waals surface area contributed by atoms with Crippen LogP contribution in [0.2, 0.25) is 0 Å². The summed E-state index contributed by atoms with van der Waals surface area (Å²) >= 11 is 7.36. The van der Waals surface area contributed by atoms with Crippen LogP contribution in [-0.4, -0.2) is 50.8 Å². The normalized spacial score (nSPS) is 31.9. The van der Waals surface area contributed by atoms with Crippen molar-refractivity contribution in [1.82, 2.24) is 4.90 Å². The number of hydrogen-bond donors (Lipinski definition) is 0. The fourth-order valence-corrected chi connectivity index (χ4v) is 7.36. The van der Waals surface area contributed by atoms with Gasteiger partial charge in [0.15, 0.2) is 12.4 Å². The molecular weight excluding hydrogens is 542 g/mol. The monoisotopic (exact) mass is 567 g/mol. The van der Waals surface area contributed by atoms with Gasteiger partial charge in [0, 0.05) is 15.2 Å². The molecule has 1 saturated heterocycles. The van der Waals surface area contributed by atoms with Crippen LogP contribution in [0.25, 0.3) is 0 Å². The van der Waals surface area contributed by atoms with E-state index in [1.807, 2.05) is 32.9 Å². The molecule has 4 rings (SSSR count). The molecule has 3 fully saturated rings. The highest BCUT2D eigenvalue weighted by atomic mass is 79.9. The van der Waals surface area contributed by atoms with Crippen molar-refractivity contribution in [2.45, 2.75) is 49.3 Å². The summed E-state index contributed by atoms with van der Waals surface area (Å²) in [7, 11) is 0. The predicted molar refractivity (Wildman–Crippen MR) is 126 cm³/mol. The van der Waals surface area contributed by atoms with Gasteiger partial charge in [0.05, 0.1) is 11.8 Å². The molecule has 2 amide bonds. The van der Waals surface area contributed by atoms with Gasteiger partial charge in [0.1, 0.15) is 6.04 Å². The average molecular weight is 569 g/mol. The Balaban J connectivity index is 1.50. The highest BCUT2D eigenvalue weighted by Crippen LogP contribution is 2.60. The van der Waals surface area contributed by atoms with Crippen molar-refractivity contribution in [1.29, 1.82) is 0 Å². The first-order valence-corrected chi connectivity index (χ1v) is 12.9. The minimum Gasteiger partial charge on any atom is -0.456 e. The number of benzene rings is 1. The minimum absolute atomic E-state index is 0.0611. The average Bonchev–Trinajstić information content (AvgIpc) is 3.35. The Morgan fingerprint density at radius 3 is 2.06 bits per heavy atom. The van der Waals surface area contributed by atoms with E-state index in [0.717, 1.165) is 16.9 Å². The smallest absolute Gasteiger partial charge is 0.329 e. The summed E-state index contributed by atoms with van der Waals surface area (Å²) in [6.07, 6.45) is 1.14. The summed E-state index contributed by atoms with van der Waals surface area (Å²) in [5.74, 6) is -2.12. The molecule has 1 aliphatic heterocycles. The molecule has 2 aliphatic carbocycles. The van der Waals surface area contributed by atoms with Crippen molar-refractivity contribution >= 4 is 55.4 Å². The minimum atomic E-state index is -1.01. The summed E-state index contributed by atoms with van der Waals surface area (Å²) in [6.45, 7) is 5.36. The largest absolute Gasteiger partial charge is 0.456 e. The van der Waals surface area contributed by atoms with Crippen LogP contribution in [-0.2, 0) is 19.1 Å². The maximum atomic E-state index is 13.4. The van der Waals surface area contributed by atoms with E-state index in [1.54, 1.807) is 12.1 Å². The van der Waals surface area contributed by atoms with E-state index < -0.39 is 18.6 Å². The number of ketones is 1.